The standard InChI is InChI=1S/C21H20N4O3/c26-20(17-4-2-6-19(11-17)25-13-22-23-14-25)24-8-7-16(12-24)9-15-3-1-5-18(10-15)21(27)28/h1-6,10-11,13-14,16H,7-9,12H2,(H,27,28). The van der Waals surface area contributed by atoms with Crippen LogP contribution < -0.4 is 0 Å². The number of carboxylic acids is 1. The Balaban J connectivity index is 1.43. The molecule has 0 aliphatic carbocycles. The van der Waals surface area contributed by atoms with Crippen LogP contribution in [-0.2, 0) is 6.42 Å². The summed E-state index contributed by atoms with van der Waals surface area (Å²) < 4.78 is 1.76. The van der Waals surface area contributed by atoms with E-state index in [-0.39, 0.29) is 5.91 Å². The van der Waals surface area contributed by atoms with Gasteiger partial charge in [-0.05, 0) is 54.7 Å². The number of benzene rings is 2. The van der Waals surface area contributed by atoms with Crippen LogP contribution in [0.1, 0.15) is 32.7 Å². The molecule has 1 aromatic heterocycles. The Labute approximate surface area is 162 Å². The molecule has 1 unspecified atom stereocenters. The molecule has 0 radical (unpaired) electrons. The first-order chi connectivity index (χ1) is 13.6. The third-order valence-corrected chi connectivity index (χ3v) is 5.08. The summed E-state index contributed by atoms with van der Waals surface area (Å²) in [6, 6.07) is 14.5. The summed E-state index contributed by atoms with van der Waals surface area (Å²) in [6.45, 7) is 1.38. The van der Waals surface area contributed by atoms with Crippen LogP contribution in [0.5, 0.6) is 0 Å². The lowest BCUT2D eigenvalue weighted by Gasteiger charge is -2.17. The number of carboxylic acid groups (broad SMARTS) is 1. The van der Waals surface area contributed by atoms with Gasteiger partial charge >= 0.3 is 5.97 Å². The van der Waals surface area contributed by atoms with Crippen molar-refractivity contribution in [1.82, 2.24) is 19.7 Å². The fourth-order valence-corrected chi connectivity index (χ4v) is 3.66. The molecule has 1 atom stereocenters. The minimum Gasteiger partial charge on any atom is -0.478 e. The SMILES string of the molecule is O=C(O)c1cccc(CC2CCN(C(=O)c3cccc(-n4cnnc4)c3)C2)c1. The fraction of sp³-hybridized carbons (Fsp3) is 0.238. The van der Waals surface area contributed by atoms with Crippen molar-refractivity contribution >= 4 is 11.9 Å². The zero-order valence-corrected chi connectivity index (χ0v) is 15.2. The van der Waals surface area contributed by atoms with Crippen LogP contribution in [0.15, 0.2) is 61.2 Å². The summed E-state index contributed by atoms with van der Waals surface area (Å²) in [7, 11) is 0. The van der Waals surface area contributed by atoms with Crippen molar-refractivity contribution in [2.24, 2.45) is 5.92 Å². The summed E-state index contributed by atoms with van der Waals surface area (Å²) >= 11 is 0. The Morgan fingerprint density at radius 1 is 1.04 bits per heavy atom. The first-order valence-corrected chi connectivity index (χ1v) is 9.17. The van der Waals surface area contributed by atoms with Gasteiger partial charge in [0.2, 0.25) is 0 Å². The molecule has 4 rings (SSSR count). The van der Waals surface area contributed by atoms with Gasteiger partial charge in [-0.25, -0.2) is 4.79 Å². The van der Waals surface area contributed by atoms with Crippen LogP contribution in [0.2, 0.25) is 0 Å². The molecule has 142 valence electrons. The van der Waals surface area contributed by atoms with Crippen LogP contribution in [0, 0.1) is 5.92 Å². The van der Waals surface area contributed by atoms with Crippen molar-refractivity contribution in [3.8, 4) is 5.69 Å². The maximum absolute atomic E-state index is 12.9. The Hall–Kier alpha value is -3.48. The Kier molecular flexibility index (Phi) is 4.89. The van der Waals surface area contributed by atoms with E-state index in [4.69, 9.17) is 5.11 Å². The second kappa shape index (κ2) is 7.64. The smallest absolute Gasteiger partial charge is 0.335 e. The maximum Gasteiger partial charge on any atom is 0.335 e. The summed E-state index contributed by atoms with van der Waals surface area (Å²) in [4.78, 5) is 25.9. The fourth-order valence-electron chi connectivity index (χ4n) is 3.66. The van der Waals surface area contributed by atoms with Crippen molar-refractivity contribution in [1.29, 1.82) is 0 Å². The molecule has 1 fully saturated rings. The van der Waals surface area contributed by atoms with E-state index >= 15 is 0 Å². The second-order valence-electron chi connectivity index (χ2n) is 7.04. The van der Waals surface area contributed by atoms with Gasteiger partial charge in [-0.3, -0.25) is 9.36 Å². The van der Waals surface area contributed by atoms with Gasteiger partial charge in [-0.1, -0.05) is 18.2 Å². The van der Waals surface area contributed by atoms with Gasteiger partial charge in [0.25, 0.3) is 5.91 Å². The van der Waals surface area contributed by atoms with Crippen molar-refractivity contribution in [2.75, 3.05) is 13.1 Å². The van der Waals surface area contributed by atoms with Gasteiger partial charge in [-0.2, -0.15) is 0 Å². The number of amides is 1. The highest BCUT2D eigenvalue weighted by atomic mass is 16.4. The molecule has 7 heteroatoms. The zero-order chi connectivity index (χ0) is 19.5. The first-order valence-electron chi connectivity index (χ1n) is 9.17. The van der Waals surface area contributed by atoms with Gasteiger partial charge in [0, 0.05) is 24.3 Å². The molecule has 1 saturated heterocycles. The molecule has 1 amide bonds. The Morgan fingerprint density at radius 3 is 2.57 bits per heavy atom. The Morgan fingerprint density at radius 2 is 1.79 bits per heavy atom. The Bertz CT molecular complexity index is 1000. The number of carbonyl (C=O) groups excluding carboxylic acids is 1. The minimum absolute atomic E-state index is 0.0108. The van der Waals surface area contributed by atoms with Crippen molar-refractivity contribution in [3.05, 3.63) is 77.9 Å². The number of carbonyl (C=O) groups is 2. The quantitative estimate of drug-likeness (QED) is 0.740. The molecule has 1 aliphatic heterocycles. The normalized spacial score (nSPS) is 16.3. The highest BCUT2D eigenvalue weighted by Crippen LogP contribution is 2.23. The molecule has 0 bridgehead atoms. The number of aromatic carboxylic acids is 1. The highest BCUT2D eigenvalue weighted by Gasteiger charge is 2.27. The molecule has 0 saturated carbocycles. The molecular formula is C21H20N4O3. The second-order valence-corrected chi connectivity index (χ2v) is 7.04. The van der Waals surface area contributed by atoms with Gasteiger partial charge in [0.05, 0.1) is 5.56 Å². The summed E-state index contributed by atoms with van der Waals surface area (Å²) in [5.74, 6) is -0.580. The molecule has 3 aromatic rings. The maximum atomic E-state index is 12.9. The van der Waals surface area contributed by atoms with E-state index in [1.54, 1.807) is 35.4 Å². The predicted octanol–water partition coefficient (Wildman–Crippen LogP) is 2.67. The third kappa shape index (κ3) is 3.78. The third-order valence-electron chi connectivity index (χ3n) is 5.08. The molecule has 28 heavy (non-hydrogen) atoms. The topological polar surface area (TPSA) is 88.3 Å². The van der Waals surface area contributed by atoms with Crippen molar-refractivity contribution in [3.63, 3.8) is 0 Å². The molecule has 1 N–H and O–H groups in total. The van der Waals surface area contributed by atoms with E-state index in [1.165, 1.54) is 0 Å². The van der Waals surface area contributed by atoms with E-state index in [1.807, 2.05) is 35.2 Å². The van der Waals surface area contributed by atoms with Crippen molar-refractivity contribution in [2.45, 2.75) is 12.8 Å². The molecule has 1 aliphatic rings. The lowest BCUT2D eigenvalue weighted by molar-refractivity contribution is 0.0696. The zero-order valence-electron chi connectivity index (χ0n) is 15.2. The number of hydrogen-bond donors (Lipinski definition) is 1. The van der Waals surface area contributed by atoms with E-state index in [9.17, 15) is 9.59 Å². The van der Waals surface area contributed by atoms with Crippen molar-refractivity contribution < 1.29 is 14.7 Å². The van der Waals surface area contributed by atoms with Gasteiger partial charge < -0.3 is 10.0 Å². The number of nitrogens with zero attached hydrogens (tertiary/aromatic N) is 4. The molecular weight excluding hydrogens is 356 g/mol. The van der Waals surface area contributed by atoms with Gasteiger partial charge in [0.15, 0.2) is 0 Å². The number of aromatic nitrogens is 3. The lowest BCUT2D eigenvalue weighted by Crippen LogP contribution is -2.29. The molecule has 7 nitrogen and oxygen atoms in total. The van der Waals surface area contributed by atoms with E-state index in [0.29, 0.717) is 30.1 Å². The van der Waals surface area contributed by atoms with Crippen LogP contribution in [0.4, 0.5) is 0 Å². The van der Waals surface area contributed by atoms with Crippen LogP contribution in [-0.4, -0.2) is 49.7 Å². The summed E-state index contributed by atoms with van der Waals surface area (Å²) in [5, 5.41) is 16.7. The molecule has 0 spiro atoms. The first kappa shape index (κ1) is 17.9. The van der Waals surface area contributed by atoms with Crippen LogP contribution in [0.25, 0.3) is 5.69 Å². The van der Waals surface area contributed by atoms with Gasteiger partial charge in [0.1, 0.15) is 12.7 Å². The van der Waals surface area contributed by atoms with E-state index < -0.39 is 5.97 Å². The van der Waals surface area contributed by atoms with Crippen LogP contribution >= 0.6 is 0 Å². The average Bonchev–Trinajstić information content (AvgIpc) is 3.40. The van der Waals surface area contributed by atoms with Crippen LogP contribution in [0.3, 0.4) is 0 Å². The highest BCUT2D eigenvalue weighted by molar-refractivity contribution is 5.95. The average molecular weight is 376 g/mol. The number of likely N-dealkylation sites (tertiary alicyclic amines) is 1. The number of rotatable bonds is 5. The lowest BCUT2D eigenvalue weighted by atomic mass is 9.97. The summed E-state index contributed by atoms with van der Waals surface area (Å²) in [5.41, 5.74) is 2.78. The molecule has 2 aromatic carbocycles. The van der Waals surface area contributed by atoms with Gasteiger partial charge in [-0.15, -0.1) is 10.2 Å². The molecule has 2 heterocycles. The largest absolute Gasteiger partial charge is 0.478 e. The summed E-state index contributed by atoms with van der Waals surface area (Å²) in [6.07, 6.45) is 4.88. The minimum atomic E-state index is -0.918. The number of hydrogen-bond acceptors (Lipinski definition) is 4. The monoisotopic (exact) mass is 376 g/mol. The van der Waals surface area contributed by atoms with E-state index in [2.05, 4.69) is 10.2 Å². The predicted molar refractivity (Wildman–Crippen MR) is 102 cm³/mol. The van der Waals surface area contributed by atoms with E-state index in [0.717, 1.165) is 24.1 Å².